The molecule has 0 atom stereocenters. The average Bonchev–Trinajstić information content (AvgIpc) is 3.03. The van der Waals surface area contributed by atoms with Crippen LogP contribution in [0.25, 0.3) is 16.5 Å². The van der Waals surface area contributed by atoms with Gasteiger partial charge in [0.05, 0.1) is 10.4 Å². The number of carbonyl (C=O) groups excluding carboxylic acids is 1. The van der Waals surface area contributed by atoms with Crippen LogP contribution in [0.1, 0.15) is 21.7 Å². The summed E-state index contributed by atoms with van der Waals surface area (Å²) in [5, 5.41) is 6.42. The first kappa shape index (κ1) is 14.1. The Hall–Kier alpha value is -1.86. The third-order valence-corrected chi connectivity index (χ3v) is 4.72. The van der Waals surface area contributed by atoms with Crippen molar-refractivity contribution in [3.05, 3.63) is 45.1 Å². The van der Waals surface area contributed by atoms with E-state index in [1.807, 2.05) is 31.4 Å². The fourth-order valence-electron chi connectivity index (χ4n) is 2.02. The van der Waals surface area contributed by atoms with Crippen molar-refractivity contribution in [2.75, 3.05) is 0 Å². The summed E-state index contributed by atoms with van der Waals surface area (Å²) in [6.45, 7) is 3.80. The van der Waals surface area contributed by atoms with Gasteiger partial charge in [-0.15, -0.1) is 11.3 Å². The van der Waals surface area contributed by atoms with Crippen LogP contribution in [0.15, 0.2) is 28.2 Å². The van der Waals surface area contributed by atoms with Gasteiger partial charge in [0, 0.05) is 22.1 Å². The van der Waals surface area contributed by atoms with Crippen LogP contribution >= 0.6 is 27.3 Å². The monoisotopic (exact) mass is 362 g/mol. The van der Waals surface area contributed by atoms with Gasteiger partial charge in [-0.1, -0.05) is 0 Å². The molecule has 0 spiro atoms. The molecule has 5 nitrogen and oxygen atoms in total. The molecule has 0 bridgehead atoms. The number of aldehydes is 1. The van der Waals surface area contributed by atoms with E-state index in [9.17, 15) is 4.79 Å². The molecule has 0 saturated heterocycles. The van der Waals surface area contributed by atoms with Crippen LogP contribution in [0.2, 0.25) is 0 Å². The van der Waals surface area contributed by atoms with Gasteiger partial charge in [0.1, 0.15) is 5.69 Å². The summed E-state index contributed by atoms with van der Waals surface area (Å²) in [4.78, 5) is 20.9. The first-order chi connectivity index (χ1) is 10.1. The minimum atomic E-state index is 0.467. The summed E-state index contributed by atoms with van der Waals surface area (Å²) in [6, 6.07) is 3.82. The van der Waals surface area contributed by atoms with Crippen LogP contribution in [0.5, 0.6) is 0 Å². The fraction of sp³-hybridized carbons (Fsp3) is 0.143. The summed E-state index contributed by atoms with van der Waals surface area (Å²) < 4.78 is 2.47. The van der Waals surface area contributed by atoms with Gasteiger partial charge in [-0.05, 0) is 47.3 Å². The lowest BCUT2D eigenvalue weighted by molar-refractivity contribution is 0.112. The van der Waals surface area contributed by atoms with Gasteiger partial charge in [0.25, 0.3) is 5.95 Å². The van der Waals surface area contributed by atoms with Crippen molar-refractivity contribution in [1.29, 1.82) is 0 Å². The standard InChI is InChI=1S/C14H11BrN4OS/c1-8-5-9(2)17-14(16-8)19-6-10(7-20)12(18-19)13-11(15)3-4-21-13/h3-7H,1-2H3. The Morgan fingerprint density at radius 3 is 2.57 bits per heavy atom. The molecule has 3 aromatic rings. The summed E-state index contributed by atoms with van der Waals surface area (Å²) in [6.07, 6.45) is 2.45. The molecule has 0 aliphatic heterocycles. The second-order valence-electron chi connectivity index (χ2n) is 4.54. The molecule has 0 N–H and O–H groups in total. The first-order valence-electron chi connectivity index (χ1n) is 6.19. The summed E-state index contributed by atoms with van der Waals surface area (Å²) in [7, 11) is 0. The molecule has 0 aromatic carbocycles. The van der Waals surface area contributed by atoms with Crippen LogP contribution in [0, 0.1) is 13.8 Å². The lowest BCUT2D eigenvalue weighted by atomic mass is 10.2. The topological polar surface area (TPSA) is 60.7 Å². The van der Waals surface area contributed by atoms with Crippen molar-refractivity contribution in [1.82, 2.24) is 19.7 Å². The average molecular weight is 363 g/mol. The van der Waals surface area contributed by atoms with Gasteiger partial charge in [0.15, 0.2) is 6.29 Å². The van der Waals surface area contributed by atoms with Crippen molar-refractivity contribution >= 4 is 33.6 Å². The number of aryl methyl sites for hydroxylation is 2. The Morgan fingerprint density at radius 2 is 2.00 bits per heavy atom. The van der Waals surface area contributed by atoms with E-state index in [1.165, 1.54) is 11.3 Å². The maximum atomic E-state index is 11.3. The Labute approximate surface area is 133 Å². The molecule has 3 heterocycles. The molecule has 0 aliphatic rings. The highest BCUT2D eigenvalue weighted by molar-refractivity contribution is 9.10. The van der Waals surface area contributed by atoms with Crippen molar-refractivity contribution in [3.63, 3.8) is 0 Å². The summed E-state index contributed by atoms with van der Waals surface area (Å²) >= 11 is 4.99. The number of hydrogen-bond acceptors (Lipinski definition) is 5. The molecule has 3 aromatic heterocycles. The minimum absolute atomic E-state index is 0.467. The SMILES string of the molecule is Cc1cc(C)nc(-n2cc(C=O)c(-c3sccc3Br)n2)n1. The predicted octanol–water partition coefficient (Wildman–Crippen LogP) is 3.58. The highest BCUT2D eigenvalue weighted by Gasteiger charge is 2.16. The van der Waals surface area contributed by atoms with Gasteiger partial charge in [-0.2, -0.15) is 5.10 Å². The van der Waals surface area contributed by atoms with Gasteiger partial charge in [-0.25, -0.2) is 14.6 Å². The molecule has 0 unspecified atom stereocenters. The normalized spacial score (nSPS) is 10.8. The Morgan fingerprint density at radius 1 is 1.29 bits per heavy atom. The summed E-state index contributed by atoms with van der Waals surface area (Å²) in [5.74, 6) is 0.467. The number of thiophene rings is 1. The van der Waals surface area contributed by atoms with Gasteiger partial charge in [0.2, 0.25) is 0 Å². The van der Waals surface area contributed by atoms with E-state index in [4.69, 9.17) is 0 Å². The number of carbonyl (C=O) groups is 1. The smallest absolute Gasteiger partial charge is 0.250 e. The molecular formula is C14H11BrN4OS. The highest BCUT2D eigenvalue weighted by atomic mass is 79.9. The van der Waals surface area contributed by atoms with E-state index in [1.54, 1.807) is 10.9 Å². The zero-order chi connectivity index (χ0) is 15.0. The van der Waals surface area contributed by atoms with E-state index in [2.05, 4.69) is 31.0 Å². The molecule has 106 valence electrons. The van der Waals surface area contributed by atoms with E-state index >= 15 is 0 Å². The fourth-order valence-corrected chi connectivity index (χ4v) is 3.59. The molecule has 0 amide bonds. The zero-order valence-corrected chi connectivity index (χ0v) is 13.8. The second-order valence-corrected chi connectivity index (χ2v) is 6.31. The third-order valence-electron chi connectivity index (χ3n) is 2.88. The van der Waals surface area contributed by atoms with Gasteiger partial charge in [-0.3, -0.25) is 4.79 Å². The maximum absolute atomic E-state index is 11.3. The van der Waals surface area contributed by atoms with Crippen molar-refractivity contribution < 1.29 is 4.79 Å². The minimum Gasteiger partial charge on any atom is -0.298 e. The predicted molar refractivity (Wildman–Crippen MR) is 85.0 cm³/mol. The Bertz CT molecular complexity index is 804. The van der Waals surface area contributed by atoms with Crippen molar-refractivity contribution in [2.24, 2.45) is 0 Å². The lowest BCUT2D eigenvalue weighted by Gasteiger charge is -2.02. The first-order valence-corrected chi connectivity index (χ1v) is 7.86. The van der Waals surface area contributed by atoms with E-state index in [0.29, 0.717) is 17.2 Å². The Kier molecular flexibility index (Phi) is 3.69. The van der Waals surface area contributed by atoms with Crippen LogP contribution in [0.4, 0.5) is 0 Å². The highest BCUT2D eigenvalue weighted by Crippen LogP contribution is 2.34. The zero-order valence-electron chi connectivity index (χ0n) is 11.4. The molecule has 7 heteroatoms. The molecule has 0 radical (unpaired) electrons. The van der Waals surface area contributed by atoms with Crippen LogP contribution in [0.3, 0.4) is 0 Å². The molecule has 21 heavy (non-hydrogen) atoms. The van der Waals surface area contributed by atoms with E-state index in [-0.39, 0.29) is 0 Å². The van der Waals surface area contributed by atoms with Gasteiger partial charge >= 0.3 is 0 Å². The largest absolute Gasteiger partial charge is 0.298 e. The second kappa shape index (κ2) is 5.50. The summed E-state index contributed by atoms with van der Waals surface area (Å²) in [5.41, 5.74) is 2.87. The number of rotatable bonds is 3. The van der Waals surface area contributed by atoms with Crippen molar-refractivity contribution in [3.8, 4) is 16.5 Å². The quantitative estimate of drug-likeness (QED) is 0.668. The number of hydrogen-bond donors (Lipinski definition) is 0. The number of halogens is 1. The third kappa shape index (κ3) is 2.66. The Balaban J connectivity index is 2.16. The molecular weight excluding hydrogens is 352 g/mol. The lowest BCUT2D eigenvalue weighted by Crippen LogP contribution is -2.04. The van der Waals surface area contributed by atoms with E-state index in [0.717, 1.165) is 27.0 Å². The molecule has 0 saturated carbocycles. The van der Waals surface area contributed by atoms with Crippen LogP contribution < -0.4 is 0 Å². The molecule has 0 aliphatic carbocycles. The maximum Gasteiger partial charge on any atom is 0.250 e. The number of aromatic nitrogens is 4. The van der Waals surface area contributed by atoms with Crippen molar-refractivity contribution in [2.45, 2.75) is 13.8 Å². The van der Waals surface area contributed by atoms with Crippen LogP contribution in [-0.2, 0) is 0 Å². The van der Waals surface area contributed by atoms with E-state index < -0.39 is 0 Å². The molecule has 3 rings (SSSR count). The van der Waals surface area contributed by atoms with Gasteiger partial charge < -0.3 is 0 Å². The van der Waals surface area contributed by atoms with Crippen LogP contribution in [-0.4, -0.2) is 26.0 Å². The molecule has 0 fully saturated rings. The number of nitrogens with zero attached hydrogens (tertiary/aromatic N) is 4.